The van der Waals surface area contributed by atoms with E-state index in [4.69, 9.17) is 5.10 Å². The molecular weight excluding hydrogens is 440 g/mol. The number of nitrogens with zero attached hydrogens (tertiary/aromatic N) is 4. The summed E-state index contributed by atoms with van der Waals surface area (Å²) in [6.07, 6.45) is 12.5. The lowest BCUT2D eigenvalue weighted by Gasteiger charge is -2.38. The van der Waals surface area contributed by atoms with E-state index in [0.29, 0.717) is 44.6 Å². The molecule has 7 heteroatoms. The smallest absolute Gasteiger partial charge is 0.254 e. The molecule has 2 aliphatic carbocycles. The second-order valence-electron chi connectivity index (χ2n) is 11.1. The topological polar surface area (TPSA) is 78.7 Å². The largest absolute Gasteiger partial charge is 0.380 e. The molecule has 0 radical (unpaired) electrons. The van der Waals surface area contributed by atoms with Gasteiger partial charge in [-0.1, -0.05) is 37.8 Å². The third kappa shape index (κ3) is 4.18. The van der Waals surface area contributed by atoms with Crippen molar-refractivity contribution >= 4 is 11.8 Å². The van der Waals surface area contributed by atoms with E-state index in [2.05, 4.69) is 10.7 Å². The van der Waals surface area contributed by atoms with Gasteiger partial charge >= 0.3 is 0 Å². The lowest BCUT2D eigenvalue weighted by molar-refractivity contribution is -0.143. The number of benzene rings is 1. The van der Waals surface area contributed by atoms with E-state index in [0.717, 1.165) is 17.7 Å². The summed E-state index contributed by atoms with van der Waals surface area (Å²) in [5, 5.41) is 15.2. The molecule has 35 heavy (non-hydrogen) atoms. The van der Waals surface area contributed by atoms with E-state index in [1.807, 2.05) is 24.3 Å². The van der Waals surface area contributed by atoms with Crippen LogP contribution in [0.1, 0.15) is 80.3 Å². The van der Waals surface area contributed by atoms with E-state index in [-0.39, 0.29) is 17.4 Å². The fourth-order valence-corrected chi connectivity index (χ4v) is 6.41. The van der Waals surface area contributed by atoms with Crippen molar-refractivity contribution in [3.63, 3.8) is 0 Å². The van der Waals surface area contributed by atoms with E-state index >= 15 is 0 Å². The van der Waals surface area contributed by atoms with Gasteiger partial charge in [-0.3, -0.25) is 14.3 Å². The van der Waals surface area contributed by atoms with Crippen LogP contribution in [0.15, 0.2) is 30.3 Å². The van der Waals surface area contributed by atoms with Crippen molar-refractivity contribution in [3.8, 4) is 11.3 Å². The molecule has 186 valence electrons. The summed E-state index contributed by atoms with van der Waals surface area (Å²) >= 11 is 0. The minimum atomic E-state index is -1.13. The van der Waals surface area contributed by atoms with Crippen molar-refractivity contribution in [2.45, 2.75) is 81.8 Å². The maximum Gasteiger partial charge on any atom is 0.254 e. The highest BCUT2D eigenvalue weighted by Gasteiger charge is 2.50. The zero-order valence-electron chi connectivity index (χ0n) is 20.5. The second-order valence-corrected chi connectivity index (χ2v) is 11.1. The van der Waals surface area contributed by atoms with Crippen LogP contribution < -0.4 is 0 Å². The standard InChI is InChI=1S/C28H36N4O3/c33-25(30-16-18-31(19-17-30)26(34)28(35)14-15-28)22-9-7-21(8-10-22)24-20-23-6-5-13-27(32(23)29-24)11-3-1-2-4-12-27/h7-10,20,35H,1-6,11-19H2. The Hall–Kier alpha value is -2.67. The van der Waals surface area contributed by atoms with Crippen molar-refractivity contribution in [1.29, 1.82) is 0 Å². The Morgan fingerprint density at radius 3 is 2.09 bits per heavy atom. The average molecular weight is 477 g/mol. The van der Waals surface area contributed by atoms with Crippen LogP contribution in [0.3, 0.4) is 0 Å². The molecule has 0 unspecified atom stereocenters. The highest BCUT2D eigenvalue weighted by Crippen LogP contribution is 2.42. The van der Waals surface area contributed by atoms with E-state index < -0.39 is 5.60 Å². The molecule has 0 bridgehead atoms. The summed E-state index contributed by atoms with van der Waals surface area (Å²) < 4.78 is 2.37. The van der Waals surface area contributed by atoms with Crippen molar-refractivity contribution < 1.29 is 14.7 Å². The number of piperazine rings is 1. The zero-order chi connectivity index (χ0) is 24.0. The van der Waals surface area contributed by atoms with Gasteiger partial charge in [0.15, 0.2) is 0 Å². The Labute approximate surface area is 207 Å². The van der Waals surface area contributed by atoms with E-state index in [1.165, 1.54) is 57.1 Å². The van der Waals surface area contributed by atoms with Gasteiger partial charge in [0, 0.05) is 43.0 Å². The molecule has 2 amide bonds. The SMILES string of the molecule is O=C(c1ccc(-c2cc3n(n2)C2(CCCCCC2)CCC3)cc1)N1CCN(C(=O)C2(O)CC2)CC1. The number of amides is 2. The molecule has 1 spiro atoms. The fraction of sp³-hybridized carbons (Fsp3) is 0.607. The average Bonchev–Trinajstić information content (AvgIpc) is 3.56. The van der Waals surface area contributed by atoms with Crippen LogP contribution in [0.4, 0.5) is 0 Å². The first-order valence-corrected chi connectivity index (χ1v) is 13.5. The summed E-state index contributed by atoms with van der Waals surface area (Å²) in [7, 11) is 0. The molecule has 1 aromatic heterocycles. The molecule has 6 rings (SSSR count). The van der Waals surface area contributed by atoms with Crippen LogP contribution in [0, 0.1) is 0 Å². The van der Waals surface area contributed by atoms with E-state index in [9.17, 15) is 14.7 Å². The third-order valence-electron chi connectivity index (χ3n) is 8.75. The van der Waals surface area contributed by atoms with Crippen LogP contribution in [0.5, 0.6) is 0 Å². The third-order valence-corrected chi connectivity index (χ3v) is 8.75. The molecule has 1 aromatic carbocycles. The first kappa shape index (κ1) is 22.8. The Morgan fingerprint density at radius 1 is 0.800 bits per heavy atom. The predicted octanol–water partition coefficient (Wildman–Crippen LogP) is 3.75. The van der Waals surface area contributed by atoms with Crippen LogP contribution >= 0.6 is 0 Å². The molecule has 4 aliphatic rings. The molecule has 3 heterocycles. The van der Waals surface area contributed by atoms with Gasteiger partial charge in [-0.15, -0.1) is 0 Å². The number of hydrogen-bond donors (Lipinski definition) is 1. The normalized spacial score (nSPS) is 23.0. The van der Waals surface area contributed by atoms with Gasteiger partial charge < -0.3 is 14.9 Å². The number of carbonyl (C=O) groups excluding carboxylic acids is 2. The van der Waals surface area contributed by atoms with Crippen molar-refractivity contribution in [3.05, 3.63) is 41.6 Å². The number of aromatic nitrogens is 2. The van der Waals surface area contributed by atoms with Crippen molar-refractivity contribution in [2.24, 2.45) is 0 Å². The molecule has 1 N–H and O–H groups in total. The first-order chi connectivity index (χ1) is 17.0. The summed E-state index contributed by atoms with van der Waals surface area (Å²) in [6.45, 7) is 1.95. The first-order valence-electron chi connectivity index (χ1n) is 13.5. The fourth-order valence-electron chi connectivity index (χ4n) is 6.41. The minimum Gasteiger partial charge on any atom is -0.380 e. The number of hydrogen-bond acceptors (Lipinski definition) is 4. The number of aryl methyl sites for hydroxylation is 1. The maximum atomic E-state index is 13.1. The van der Waals surface area contributed by atoms with Gasteiger partial charge in [0.05, 0.1) is 11.2 Å². The van der Waals surface area contributed by atoms with Gasteiger partial charge in [0.25, 0.3) is 11.8 Å². The van der Waals surface area contributed by atoms with Crippen molar-refractivity contribution in [1.82, 2.24) is 19.6 Å². The number of aliphatic hydroxyl groups is 1. The molecule has 0 atom stereocenters. The highest BCUT2D eigenvalue weighted by molar-refractivity contribution is 5.95. The zero-order valence-corrected chi connectivity index (χ0v) is 20.5. The van der Waals surface area contributed by atoms with Crippen LogP contribution in [0.25, 0.3) is 11.3 Å². The Morgan fingerprint density at radius 2 is 1.43 bits per heavy atom. The Kier molecular flexibility index (Phi) is 5.71. The molecule has 1 saturated heterocycles. The summed E-state index contributed by atoms with van der Waals surface area (Å²) in [5.74, 6) is -0.183. The lowest BCUT2D eigenvalue weighted by Crippen LogP contribution is -2.53. The highest BCUT2D eigenvalue weighted by atomic mass is 16.3. The summed E-state index contributed by atoms with van der Waals surface area (Å²) in [6, 6.07) is 10.1. The van der Waals surface area contributed by atoms with Crippen LogP contribution in [-0.4, -0.2) is 68.3 Å². The number of carbonyl (C=O) groups is 2. The molecule has 7 nitrogen and oxygen atoms in total. The molecule has 2 saturated carbocycles. The monoisotopic (exact) mass is 476 g/mol. The van der Waals surface area contributed by atoms with Gasteiger partial charge in [-0.25, -0.2) is 0 Å². The quantitative estimate of drug-likeness (QED) is 0.732. The Bertz CT molecular complexity index is 1100. The molecule has 2 aromatic rings. The molecule has 3 fully saturated rings. The predicted molar refractivity (Wildman–Crippen MR) is 133 cm³/mol. The van der Waals surface area contributed by atoms with Gasteiger partial charge in [0.1, 0.15) is 5.60 Å². The minimum absolute atomic E-state index is 0.00433. The number of fused-ring (bicyclic) bond motifs is 2. The van der Waals surface area contributed by atoms with E-state index in [1.54, 1.807) is 9.80 Å². The van der Waals surface area contributed by atoms with Gasteiger partial charge in [-0.05, 0) is 63.1 Å². The van der Waals surface area contributed by atoms with Crippen LogP contribution in [0.2, 0.25) is 0 Å². The second kappa shape index (κ2) is 8.77. The maximum absolute atomic E-state index is 13.1. The molecule has 2 aliphatic heterocycles. The number of rotatable bonds is 3. The molecular formula is C28H36N4O3. The van der Waals surface area contributed by atoms with Gasteiger partial charge in [0.2, 0.25) is 0 Å². The lowest BCUT2D eigenvalue weighted by atomic mass is 9.82. The summed E-state index contributed by atoms with van der Waals surface area (Å²) in [4.78, 5) is 28.9. The van der Waals surface area contributed by atoms with Crippen molar-refractivity contribution in [2.75, 3.05) is 26.2 Å². The van der Waals surface area contributed by atoms with Gasteiger partial charge in [-0.2, -0.15) is 5.10 Å². The summed E-state index contributed by atoms with van der Waals surface area (Å²) in [5.41, 5.74) is 3.16. The Balaban J connectivity index is 1.14. The van der Waals surface area contributed by atoms with Crippen LogP contribution in [-0.2, 0) is 16.8 Å².